The van der Waals surface area contributed by atoms with E-state index >= 15 is 0 Å². The molecule has 1 aromatic heterocycles. The van der Waals surface area contributed by atoms with E-state index in [2.05, 4.69) is 15.6 Å². The molecule has 7 heteroatoms. The van der Waals surface area contributed by atoms with E-state index in [1.54, 1.807) is 5.51 Å². The predicted octanol–water partition coefficient (Wildman–Crippen LogP) is 1.61. The summed E-state index contributed by atoms with van der Waals surface area (Å²) in [5, 5.41) is 14.3. The first-order valence-corrected chi connectivity index (χ1v) is 6.93. The monoisotopic (exact) mass is 285 g/mol. The van der Waals surface area contributed by atoms with Gasteiger partial charge in [-0.25, -0.2) is 9.78 Å². The minimum atomic E-state index is -0.895. The van der Waals surface area contributed by atoms with Gasteiger partial charge in [-0.3, -0.25) is 4.79 Å². The number of hydrogen-bond donors (Lipinski definition) is 3. The molecule has 0 aliphatic carbocycles. The van der Waals surface area contributed by atoms with Crippen molar-refractivity contribution in [2.45, 2.75) is 27.3 Å². The number of urea groups is 1. The summed E-state index contributed by atoms with van der Waals surface area (Å²) in [5.41, 5.74) is 2.62. The summed E-state index contributed by atoms with van der Waals surface area (Å²) in [4.78, 5) is 27.6. The lowest BCUT2D eigenvalue weighted by atomic mass is 9.96. The van der Waals surface area contributed by atoms with Gasteiger partial charge in [-0.2, -0.15) is 0 Å². The molecule has 1 unspecified atom stereocenters. The SMILES string of the molecule is Cc1ncsc1CNC(=O)NCC(C(=O)O)C(C)C. The lowest BCUT2D eigenvalue weighted by Crippen LogP contribution is -2.40. The smallest absolute Gasteiger partial charge is 0.315 e. The van der Waals surface area contributed by atoms with Crippen LogP contribution in [0.25, 0.3) is 0 Å². The van der Waals surface area contributed by atoms with Gasteiger partial charge in [0.25, 0.3) is 0 Å². The summed E-state index contributed by atoms with van der Waals surface area (Å²) in [6.07, 6.45) is 0. The zero-order valence-electron chi connectivity index (χ0n) is 11.3. The number of carbonyl (C=O) groups excluding carboxylic acids is 1. The standard InChI is InChI=1S/C12H19N3O3S/c1-7(2)9(11(16)17)4-13-12(18)14-5-10-8(3)15-6-19-10/h6-7,9H,4-5H2,1-3H3,(H,16,17)(H2,13,14,18). The van der Waals surface area contributed by atoms with Gasteiger partial charge in [0, 0.05) is 11.4 Å². The first-order valence-electron chi connectivity index (χ1n) is 6.05. The van der Waals surface area contributed by atoms with Crippen molar-refractivity contribution in [2.24, 2.45) is 11.8 Å². The normalized spacial score (nSPS) is 12.2. The Balaban J connectivity index is 2.35. The summed E-state index contributed by atoms with van der Waals surface area (Å²) in [5.74, 6) is -1.49. The molecule has 1 heterocycles. The highest BCUT2D eigenvalue weighted by Crippen LogP contribution is 2.11. The lowest BCUT2D eigenvalue weighted by molar-refractivity contribution is -0.142. The van der Waals surface area contributed by atoms with Gasteiger partial charge in [-0.15, -0.1) is 11.3 Å². The molecule has 1 rings (SSSR count). The van der Waals surface area contributed by atoms with E-state index in [0.29, 0.717) is 6.54 Å². The molecular weight excluding hydrogens is 266 g/mol. The van der Waals surface area contributed by atoms with E-state index in [4.69, 9.17) is 5.11 Å². The van der Waals surface area contributed by atoms with Gasteiger partial charge in [0.2, 0.25) is 0 Å². The molecule has 0 fully saturated rings. The maximum absolute atomic E-state index is 11.6. The molecule has 0 radical (unpaired) electrons. The van der Waals surface area contributed by atoms with E-state index in [0.717, 1.165) is 10.6 Å². The molecule has 19 heavy (non-hydrogen) atoms. The lowest BCUT2D eigenvalue weighted by Gasteiger charge is -2.16. The van der Waals surface area contributed by atoms with Crippen molar-refractivity contribution in [3.8, 4) is 0 Å². The third-order valence-electron chi connectivity index (χ3n) is 2.86. The fourth-order valence-corrected chi connectivity index (χ4v) is 2.25. The summed E-state index contributed by atoms with van der Waals surface area (Å²) in [6.45, 7) is 6.05. The van der Waals surface area contributed by atoms with Crippen LogP contribution in [0.15, 0.2) is 5.51 Å². The van der Waals surface area contributed by atoms with Crippen molar-refractivity contribution in [3.05, 3.63) is 16.1 Å². The molecule has 0 bridgehead atoms. The van der Waals surface area contributed by atoms with E-state index < -0.39 is 11.9 Å². The first kappa shape index (κ1) is 15.4. The van der Waals surface area contributed by atoms with Crippen LogP contribution in [0.1, 0.15) is 24.4 Å². The van der Waals surface area contributed by atoms with Crippen LogP contribution in [0.4, 0.5) is 4.79 Å². The summed E-state index contributed by atoms with van der Waals surface area (Å²) < 4.78 is 0. The highest BCUT2D eigenvalue weighted by Gasteiger charge is 2.21. The second-order valence-electron chi connectivity index (χ2n) is 4.61. The number of nitrogens with one attached hydrogen (secondary N) is 2. The molecule has 0 aliphatic heterocycles. The van der Waals surface area contributed by atoms with Crippen molar-refractivity contribution >= 4 is 23.3 Å². The number of amides is 2. The molecule has 3 N–H and O–H groups in total. The molecule has 0 aliphatic rings. The number of carboxylic acid groups (broad SMARTS) is 1. The van der Waals surface area contributed by atoms with Crippen LogP contribution in [-0.4, -0.2) is 28.6 Å². The van der Waals surface area contributed by atoms with Crippen LogP contribution in [0.2, 0.25) is 0 Å². The summed E-state index contributed by atoms with van der Waals surface area (Å²) in [7, 11) is 0. The minimum absolute atomic E-state index is 0.0264. The van der Waals surface area contributed by atoms with Crippen LogP contribution in [0.5, 0.6) is 0 Å². The van der Waals surface area contributed by atoms with Gasteiger partial charge in [0.05, 0.1) is 23.7 Å². The van der Waals surface area contributed by atoms with E-state index in [1.165, 1.54) is 11.3 Å². The minimum Gasteiger partial charge on any atom is -0.481 e. The first-order chi connectivity index (χ1) is 8.91. The maximum Gasteiger partial charge on any atom is 0.315 e. The van der Waals surface area contributed by atoms with Crippen molar-refractivity contribution < 1.29 is 14.7 Å². The molecule has 1 atom stereocenters. The van der Waals surface area contributed by atoms with E-state index in [-0.39, 0.29) is 18.5 Å². The van der Waals surface area contributed by atoms with Crippen LogP contribution in [0, 0.1) is 18.8 Å². The van der Waals surface area contributed by atoms with Crippen molar-refractivity contribution in [1.82, 2.24) is 15.6 Å². The molecule has 6 nitrogen and oxygen atoms in total. The number of rotatable bonds is 6. The fourth-order valence-electron chi connectivity index (χ4n) is 1.53. The number of thiazole rings is 1. The second kappa shape index (κ2) is 7.08. The molecule has 0 saturated carbocycles. The zero-order valence-corrected chi connectivity index (χ0v) is 12.1. The zero-order chi connectivity index (χ0) is 14.4. The number of hydrogen-bond acceptors (Lipinski definition) is 4. The van der Waals surface area contributed by atoms with E-state index in [9.17, 15) is 9.59 Å². The van der Waals surface area contributed by atoms with Gasteiger partial charge in [0.1, 0.15) is 0 Å². The number of nitrogens with zero attached hydrogens (tertiary/aromatic N) is 1. The molecule has 1 aromatic rings. The van der Waals surface area contributed by atoms with Crippen LogP contribution >= 0.6 is 11.3 Å². The fraction of sp³-hybridized carbons (Fsp3) is 0.583. The number of aryl methyl sites for hydroxylation is 1. The molecular formula is C12H19N3O3S. The largest absolute Gasteiger partial charge is 0.481 e. The molecule has 0 saturated heterocycles. The third kappa shape index (κ3) is 4.86. The Morgan fingerprint density at radius 2 is 2.11 bits per heavy atom. The Morgan fingerprint density at radius 3 is 2.58 bits per heavy atom. The van der Waals surface area contributed by atoms with Gasteiger partial charge < -0.3 is 15.7 Å². The maximum atomic E-state index is 11.6. The molecule has 2 amide bonds. The summed E-state index contributed by atoms with van der Waals surface area (Å²) in [6, 6.07) is -0.361. The van der Waals surface area contributed by atoms with Gasteiger partial charge in [0.15, 0.2) is 0 Å². The van der Waals surface area contributed by atoms with Crippen LogP contribution in [0.3, 0.4) is 0 Å². The number of carbonyl (C=O) groups is 2. The number of carboxylic acids is 1. The average molecular weight is 285 g/mol. The topological polar surface area (TPSA) is 91.3 Å². The van der Waals surface area contributed by atoms with Crippen molar-refractivity contribution in [3.63, 3.8) is 0 Å². The third-order valence-corrected chi connectivity index (χ3v) is 3.79. The second-order valence-corrected chi connectivity index (χ2v) is 5.55. The van der Waals surface area contributed by atoms with E-state index in [1.807, 2.05) is 20.8 Å². The highest BCUT2D eigenvalue weighted by molar-refractivity contribution is 7.09. The predicted molar refractivity (Wildman–Crippen MR) is 73.1 cm³/mol. The van der Waals surface area contributed by atoms with Gasteiger partial charge in [-0.1, -0.05) is 13.8 Å². The Hall–Kier alpha value is -1.63. The number of aliphatic carboxylic acids is 1. The van der Waals surface area contributed by atoms with Crippen molar-refractivity contribution in [1.29, 1.82) is 0 Å². The Labute approximate surface area is 116 Å². The molecule has 106 valence electrons. The Bertz CT molecular complexity index is 445. The van der Waals surface area contributed by atoms with Crippen LogP contribution in [-0.2, 0) is 11.3 Å². The summed E-state index contributed by atoms with van der Waals surface area (Å²) >= 11 is 1.48. The van der Waals surface area contributed by atoms with Gasteiger partial charge >= 0.3 is 12.0 Å². The average Bonchev–Trinajstić information content (AvgIpc) is 2.71. The number of aromatic nitrogens is 1. The van der Waals surface area contributed by atoms with Gasteiger partial charge in [-0.05, 0) is 12.8 Å². The van der Waals surface area contributed by atoms with Crippen LogP contribution < -0.4 is 10.6 Å². The quantitative estimate of drug-likeness (QED) is 0.740. The van der Waals surface area contributed by atoms with Crippen molar-refractivity contribution in [2.75, 3.05) is 6.54 Å². The Kier molecular flexibility index (Phi) is 5.75. The Morgan fingerprint density at radius 1 is 1.42 bits per heavy atom. The highest BCUT2D eigenvalue weighted by atomic mass is 32.1. The molecule has 0 aromatic carbocycles. The molecule has 0 spiro atoms.